The number of hydrazine groups is 1. The second-order valence-corrected chi connectivity index (χ2v) is 4.05. The Labute approximate surface area is 75.3 Å². The lowest BCUT2D eigenvalue weighted by atomic mass is 9.85. The third-order valence-corrected chi connectivity index (χ3v) is 3.50. The molecular weight excluding hydrogens is 168 g/mol. The molecule has 2 aliphatic carbocycles. The van der Waals surface area contributed by atoms with Crippen LogP contribution in [0.1, 0.15) is 6.42 Å². The maximum absolute atomic E-state index is 11.5. The van der Waals surface area contributed by atoms with Crippen LogP contribution in [-0.4, -0.2) is 16.8 Å². The quantitative estimate of drug-likeness (QED) is 0.239. The van der Waals surface area contributed by atoms with Gasteiger partial charge in [0.05, 0.1) is 11.8 Å². The molecule has 2 amide bonds. The summed E-state index contributed by atoms with van der Waals surface area (Å²) in [7, 11) is 0. The first-order valence-corrected chi connectivity index (χ1v) is 4.51. The molecule has 0 aromatic rings. The molecule has 4 heteroatoms. The van der Waals surface area contributed by atoms with Gasteiger partial charge >= 0.3 is 0 Å². The number of carbonyl (C=O) groups excluding carboxylic acids is 2. The van der Waals surface area contributed by atoms with E-state index in [2.05, 4.69) is 12.2 Å². The van der Waals surface area contributed by atoms with E-state index in [1.807, 2.05) is 0 Å². The van der Waals surface area contributed by atoms with Crippen molar-refractivity contribution >= 4 is 11.8 Å². The molecule has 0 spiro atoms. The number of carbonyl (C=O) groups is 2. The maximum Gasteiger partial charge on any atom is 0.248 e. The van der Waals surface area contributed by atoms with E-state index in [0.717, 1.165) is 11.4 Å². The first kappa shape index (κ1) is 7.26. The van der Waals surface area contributed by atoms with E-state index >= 15 is 0 Å². The lowest BCUT2D eigenvalue weighted by Crippen LogP contribution is -2.38. The normalized spacial score (nSPS) is 46.4. The molecule has 2 N–H and O–H groups in total. The van der Waals surface area contributed by atoms with E-state index in [1.54, 1.807) is 0 Å². The Bertz CT molecular complexity index is 307. The predicted molar refractivity (Wildman–Crippen MR) is 43.8 cm³/mol. The van der Waals surface area contributed by atoms with Gasteiger partial charge in [0.2, 0.25) is 11.8 Å². The highest BCUT2D eigenvalue weighted by Crippen LogP contribution is 2.51. The van der Waals surface area contributed by atoms with Crippen LogP contribution in [0.15, 0.2) is 12.2 Å². The third-order valence-electron chi connectivity index (χ3n) is 3.50. The molecule has 1 aliphatic heterocycles. The van der Waals surface area contributed by atoms with Crippen molar-refractivity contribution in [2.75, 3.05) is 0 Å². The van der Waals surface area contributed by atoms with E-state index in [9.17, 15) is 9.59 Å². The molecule has 3 aliphatic rings. The summed E-state index contributed by atoms with van der Waals surface area (Å²) in [6.45, 7) is 0. The van der Waals surface area contributed by atoms with Crippen LogP contribution in [0.5, 0.6) is 0 Å². The van der Waals surface area contributed by atoms with Crippen LogP contribution in [0.3, 0.4) is 0 Å². The lowest BCUT2D eigenvalue weighted by molar-refractivity contribution is -0.141. The highest BCUT2D eigenvalue weighted by Gasteiger charge is 2.58. The number of rotatable bonds is 0. The van der Waals surface area contributed by atoms with Crippen molar-refractivity contribution in [1.82, 2.24) is 5.01 Å². The number of imide groups is 1. The van der Waals surface area contributed by atoms with Gasteiger partial charge < -0.3 is 0 Å². The zero-order chi connectivity index (χ0) is 9.16. The lowest BCUT2D eigenvalue weighted by Gasteiger charge is -2.14. The van der Waals surface area contributed by atoms with E-state index in [0.29, 0.717) is 0 Å². The largest absolute Gasteiger partial charge is 0.273 e. The average molecular weight is 178 g/mol. The molecule has 1 saturated carbocycles. The van der Waals surface area contributed by atoms with Gasteiger partial charge in [-0.3, -0.25) is 9.59 Å². The molecule has 1 saturated heterocycles. The number of nitrogens with zero attached hydrogens (tertiary/aromatic N) is 1. The molecule has 0 aromatic heterocycles. The molecule has 2 fully saturated rings. The van der Waals surface area contributed by atoms with Gasteiger partial charge in [-0.05, 0) is 18.3 Å². The molecule has 68 valence electrons. The van der Waals surface area contributed by atoms with Crippen molar-refractivity contribution < 1.29 is 9.59 Å². The van der Waals surface area contributed by atoms with E-state index in [4.69, 9.17) is 5.84 Å². The van der Waals surface area contributed by atoms with Crippen molar-refractivity contribution in [2.24, 2.45) is 29.5 Å². The van der Waals surface area contributed by atoms with Gasteiger partial charge in [0.25, 0.3) is 0 Å². The van der Waals surface area contributed by atoms with Gasteiger partial charge in [-0.2, -0.15) is 0 Å². The molecular formula is C9H10N2O2. The Hall–Kier alpha value is -1.16. The number of hydrogen-bond acceptors (Lipinski definition) is 3. The molecule has 0 radical (unpaired) electrons. The summed E-state index contributed by atoms with van der Waals surface area (Å²) in [5, 5.41) is 0.807. The highest BCUT2D eigenvalue weighted by molar-refractivity contribution is 6.05. The van der Waals surface area contributed by atoms with Crippen LogP contribution in [0.2, 0.25) is 0 Å². The molecule has 4 atom stereocenters. The summed E-state index contributed by atoms with van der Waals surface area (Å²) in [6.07, 6.45) is 5.06. The maximum atomic E-state index is 11.5. The van der Waals surface area contributed by atoms with Gasteiger partial charge in [-0.25, -0.2) is 10.9 Å². The second-order valence-electron chi connectivity index (χ2n) is 4.05. The van der Waals surface area contributed by atoms with Crippen LogP contribution < -0.4 is 5.84 Å². The fourth-order valence-corrected chi connectivity index (χ4v) is 2.93. The van der Waals surface area contributed by atoms with Gasteiger partial charge in [-0.1, -0.05) is 12.2 Å². The number of allylic oxidation sites excluding steroid dienone is 2. The third kappa shape index (κ3) is 0.659. The number of nitrogens with two attached hydrogens (primary N) is 1. The van der Waals surface area contributed by atoms with Crippen LogP contribution in [-0.2, 0) is 9.59 Å². The standard InChI is InChI=1S/C9H10N2O2/c10-11-8(12)6-4-1-2-5(3-4)7(6)9(11)13/h1-2,4-7H,3,10H2/t4-,5+,6?,7?. The van der Waals surface area contributed by atoms with Crippen molar-refractivity contribution in [3.05, 3.63) is 12.2 Å². The van der Waals surface area contributed by atoms with Crippen LogP contribution in [0.25, 0.3) is 0 Å². The minimum atomic E-state index is -0.188. The topological polar surface area (TPSA) is 63.4 Å². The second kappa shape index (κ2) is 2.01. The van der Waals surface area contributed by atoms with Crippen LogP contribution in [0, 0.1) is 23.7 Å². The molecule has 2 bridgehead atoms. The Morgan fingerprint density at radius 3 is 2.08 bits per heavy atom. The number of fused-ring (bicyclic) bond motifs is 5. The van der Waals surface area contributed by atoms with Crippen molar-refractivity contribution in [2.45, 2.75) is 6.42 Å². The van der Waals surface area contributed by atoms with E-state index in [-0.39, 0.29) is 35.5 Å². The highest BCUT2D eigenvalue weighted by atomic mass is 16.2. The SMILES string of the molecule is NN1C(=O)C2C(C1=O)[C@H]1C=C[C@@H]2C1. The first-order chi connectivity index (χ1) is 6.20. The smallest absolute Gasteiger partial charge is 0.248 e. The minimum absolute atomic E-state index is 0.146. The summed E-state index contributed by atoms with van der Waals surface area (Å²) in [5.74, 6) is 5.23. The summed E-state index contributed by atoms with van der Waals surface area (Å²) in [5.41, 5.74) is 0. The Morgan fingerprint density at radius 1 is 1.15 bits per heavy atom. The van der Waals surface area contributed by atoms with Gasteiger partial charge in [-0.15, -0.1) is 0 Å². The Kier molecular flexibility index (Phi) is 1.12. The fraction of sp³-hybridized carbons (Fsp3) is 0.556. The first-order valence-electron chi connectivity index (χ1n) is 4.51. The summed E-state index contributed by atoms with van der Waals surface area (Å²) < 4.78 is 0. The van der Waals surface area contributed by atoms with E-state index < -0.39 is 0 Å². The average Bonchev–Trinajstić information content (AvgIpc) is 2.76. The number of hydrogen-bond donors (Lipinski definition) is 1. The molecule has 3 rings (SSSR count). The molecule has 1 heterocycles. The van der Waals surface area contributed by atoms with Crippen LogP contribution in [0.4, 0.5) is 0 Å². The molecule has 4 nitrogen and oxygen atoms in total. The van der Waals surface area contributed by atoms with Gasteiger partial charge in [0.15, 0.2) is 0 Å². The van der Waals surface area contributed by atoms with Crippen LogP contribution >= 0.6 is 0 Å². The monoisotopic (exact) mass is 178 g/mol. The fourth-order valence-electron chi connectivity index (χ4n) is 2.93. The van der Waals surface area contributed by atoms with Crippen molar-refractivity contribution in [3.8, 4) is 0 Å². The predicted octanol–water partition coefficient (Wildman–Crippen LogP) is -0.333. The van der Waals surface area contributed by atoms with Crippen molar-refractivity contribution in [1.29, 1.82) is 0 Å². The number of amides is 2. The summed E-state index contributed by atoms with van der Waals surface area (Å²) >= 11 is 0. The van der Waals surface area contributed by atoms with Gasteiger partial charge in [0.1, 0.15) is 0 Å². The molecule has 2 unspecified atom stereocenters. The Morgan fingerprint density at radius 2 is 1.62 bits per heavy atom. The zero-order valence-corrected chi connectivity index (χ0v) is 7.01. The summed E-state index contributed by atoms with van der Waals surface area (Å²) in [6, 6.07) is 0. The van der Waals surface area contributed by atoms with Gasteiger partial charge in [0, 0.05) is 0 Å². The molecule has 0 aromatic carbocycles. The van der Waals surface area contributed by atoms with Crippen molar-refractivity contribution in [3.63, 3.8) is 0 Å². The molecule has 13 heavy (non-hydrogen) atoms. The zero-order valence-electron chi connectivity index (χ0n) is 7.01. The Balaban J connectivity index is 2.08. The summed E-state index contributed by atoms with van der Waals surface area (Å²) in [4.78, 5) is 23.1. The van der Waals surface area contributed by atoms with E-state index in [1.165, 1.54) is 0 Å². The minimum Gasteiger partial charge on any atom is -0.273 e.